The molecule has 1 unspecified atom stereocenters. The molecule has 2 aromatic rings. The molecule has 0 aliphatic carbocycles. The third-order valence-corrected chi connectivity index (χ3v) is 3.66. The number of benzene rings is 1. The summed E-state index contributed by atoms with van der Waals surface area (Å²) in [5.74, 6) is -0.327. The second-order valence-electron chi connectivity index (χ2n) is 3.93. The predicted octanol–water partition coefficient (Wildman–Crippen LogP) is 4.65. The average molecular weight is 377 g/mol. The first-order valence-electron chi connectivity index (χ1n) is 5.38. The highest BCUT2D eigenvalue weighted by Gasteiger charge is 2.09. The van der Waals surface area contributed by atoms with Gasteiger partial charge in [0.1, 0.15) is 5.82 Å². The van der Waals surface area contributed by atoms with Crippen LogP contribution in [0.4, 0.5) is 10.1 Å². The van der Waals surface area contributed by atoms with Crippen molar-refractivity contribution in [1.29, 1.82) is 0 Å². The summed E-state index contributed by atoms with van der Waals surface area (Å²) >= 11 is 8.11. The Balaban J connectivity index is 2.18. The van der Waals surface area contributed by atoms with E-state index in [-0.39, 0.29) is 11.9 Å². The number of anilines is 1. The molecule has 94 valence electrons. The van der Waals surface area contributed by atoms with E-state index >= 15 is 0 Å². The van der Waals surface area contributed by atoms with Gasteiger partial charge in [0.05, 0.1) is 12.2 Å². The van der Waals surface area contributed by atoms with Gasteiger partial charge >= 0.3 is 0 Å². The summed E-state index contributed by atoms with van der Waals surface area (Å²) in [7, 11) is 0. The fourth-order valence-corrected chi connectivity index (χ4v) is 2.62. The van der Waals surface area contributed by atoms with Gasteiger partial charge in [0.15, 0.2) is 0 Å². The Kier molecular flexibility index (Phi) is 4.40. The van der Waals surface area contributed by atoms with Gasteiger partial charge in [-0.05, 0) is 59.3 Å². The summed E-state index contributed by atoms with van der Waals surface area (Å²) in [6.45, 7) is 1.96. The molecule has 0 aliphatic rings. The van der Waals surface area contributed by atoms with E-state index in [9.17, 15) is 4.39 Å². The van der Waals surface area contributed by atoms with Crippen molar-refractivity contribution < 1.29 is 4.39 Å². The molecule has 2 rings (SSSR count). The molecule has 2 nitrogen and oxygen atoms in total. The van der Waals surface area contributed by atoms with Crippen LogP contribution in [0.5, 0.6) is 0 Å². The van der Waals surface area contributed by atoms with Crippen LogP contribution in [0.15, 0.2) is 36.7 Å². The predicted molar refractivity (Wildman–Crippen MR) is 80.4 cm³/mol. The van der Waals surface area contributed by atoms with Crippen LogP contribution in [0.25, 0.3) is 0 Å². The topological polar surface area (TPSA) is 24.9 Å². The molecule has 0 aliphatic heterocycles. The summed E-state index contributed by atoms with van der Waals surface area (Å²) in [4.78, 5) is 3.85. The van der Waals surface area contributed by atoms with Crippen molar-refractivity contribution in [1.82, 2.24) is 4.98 Å². The summed E-state index contributed by atoms with van der Waals surface area (Å²) in [6, 6.07) is 7.06. The molecule has 0 fully saturated rings. The lowest BCUT2D eigenvalue weighted by molar-refractivity contribution is 0.616. The molecule has 0 spiro atoms. The summed E-state index contributed by atoms with van der Waals surface area (Å²) < 4.78 is 14.1. The Morgan fingerprint density at radius 1 is 1.33 bits per heavy atom. The smallest absolute Gasteiger partial charge is 0.141 e. The second-order valence-corrected chi connectivity index (χ2v) is 5.53. The van der Waals surface area contributed by atoms with Gasteiger partial charge in [-0.1, -0.05) is 11.6 Å². The lowest BCUT2D eigenvalue weighted by Crippen LogP contribution is -2.08. The van der Waals surface area contributed by atoms with Crippen LogP contribution in [-0.2, 0) is 0 Å². The van der Waals surface area contributed by atoms with E-state index in [0.29, 0.717) is 5.02 Å². The fourth-order valence-electron chi connectivity index (χ4n) is 1.59. The van der Waals surface area contributed by atoms with Crippen molar-refractivity contribution in [2.75, 3.05) is 5.32 Å². The number of nitrogens with zero attached hydrogens (tertiary/aromatic N) is 1. The highest BCUT2D eigenvalue weighted by atomic mass is 127. The van der Waals surface area contributed by atoms with E-state index in [1.165, 1.54) is 12.3 Å². The van der Waals surface area contributed by atoms with Crippen LogP contribution in [0.3, 0.4) is 0 Å². The van der Waals surface area contributed by atoms with Crippen molar-refractivity contribution >= 4 is 39.9 Å². The monoisotopic (exact) mass is 376 g/mol. The van der Waals surface area contributed by atoms with Gasteiger partial charge in [-0.2, -0.15) is 0 Å². The van der Waals surface area contributed by atoms with Gasteiger partial charge < -0.3 is 5.32 Å². The molecule has 5 heteroatoms. The third kappa shape index (κ3) is 3.32. The maximum atomic E-state index is 13.1. The van der Waals surface area contributed by atoms with E-state index in [0.717, 1.165) is 14.8 Å². The van der Waals surface area contributed by atoms with Crippen molar-refractivity contribution in [2.45, 2.75) is 13.0 Å². The van der Waals surface area contributed by atoms with Crippen LogP contribution in [0.2, 0.25) is 5.02 Å². The second kappa shape index (κ2) is 5.84. The zero-order valence-electron chi connectivity index (χ0n) is 9.62. The maximum Gasteiger partial charge on any atom is 0.141 e. The van der Waals surface area contributed by atoms with E-state index in [1.807, 2.05) is 25.1 Å². The lowest BCUT2D eigenvalue weighted by Gasteiger charge is -2.16. The van der Waals surface area contributed by atoms with E-state index in [2.05, 4.69) is 32.9 Å². The third-order valence-electron chi connectivity index (χ3n) is 2.53. The minimum atomic E-state index is -0.327. The Morgan fingerprint density at radius 3 is 2.78 bits per heavy atom. The SMILES string of the molecule is CC(Nc1ccc(Cl)cc1I)c1cncc(F)c1. The normalized spacial score (nSPS) is 12.2. The molecular formula is C13H11ClFIN2. The minimum Gasteiger partial charge on any atom is -0.378 e. The largest absolute Gasteiger partial charge is 0.378 e. The highest BCUT2D eigenvalue weighted by Crippen LogP contribution is 2.26. The first-order valence-corrected chi connectivity index (χ1v) is 6.84. The summed E-state index contributed by atoms with van der Waals surface area (Å²) in [6.07, 6.45) is 2.85. The Hall–Kier alpha value is -0.880. The van der Waals surface area contributed by atoms with Crippen molar-refractivity contribution in [3.63, 3.8) is 0 Å². The van der Waals surface area contributed by atoms with Gasteiger partial charge in [-0.3, -0.25) is 4.98 Å². The number of hydrogen-bond acceptors (Lipinski definition) is 2. The Bertz CT molecular complexity index is 562. The number of pyridine rings is 1. The molecular weight excluding hydrogens is 366 g/mol. The molecule has 0 saturated carbocycles. The van der Waals surface area contributed by atoms with Crippen LogP contribution in [-0.4, -0.2) is 4.98 Å². The van der Waals surface area contributed by atoms with E-state index in [4.69, 9.17) is 11.6 Å². The maximum absolute atomic E-state index is 13.1. The quantitative estimate of drug-likeness (QED) is 0.789. The number of nitrogens with one attached hydrogen (secondary N) is 1. The van der Waals surface area contributed by atoms with Crippen LogP contribution < -0.4 is 5.32 Å². The first kappa shape index (κ1) is 13.5. The van der Waals surface area contributed by atoms with Crippen molar-refractivity contribution in [2.24, 2.45) is 0 Å². The number of rotatable bonds is 3. The molecule has 0 saturated heterocycles. The Morgan fingerprint density at radius 2 is 2.11 bits per heavy atom. The highest BCUT2D eigenvalue weighted by molar-refractivity contribution is 14.1. The first-order chi connectivity index (χ1) is 8.56. The fraction of sp³-hybridized carbons (Fsp3) is 0.154. The summed E-state index contributed by atoms with van der Waals surface area (Å²) in [5.41, 5.74) is 1.78. The standard InChI is InChI=1S/C13H11ClFIN2/c1-8(9-4-11(15)7-17-6-9)18-13-3-2-10(14)5-12(13)16/h2-8,18H,1H3. The molecule has 0 amide bonds. The minimum absolute atomic E-state index is 0.0251. The van der Waals surface area contributed by atoms with Crippen LogP contribution in [0.1, 0.15) is 18.5 Å². The molecule has 1 N–H and O–H groups in total. The average Bonchev–Trinajstić information content (AvgIpc) is 2.32. The Labute approximate surface area is 124 Å². The van der Waals surface area contributed by atoms with E-state index < -0.39 is 0 Å². The van der Waals surface area contributed by atoms with E-state index in [1.54, 1.807) is 6.20 Å². The van der Waals surface area contributed by atoms with Gasteiger partial charge in [0, 0.05) is 20.5 Å². The number of aromatic nitrogens is 1. The zero-order valence-corrected chi connectivity index (χ0v) is 12.5. The van der Waals surface area contributed by atoms with Gasteiger partial charge in [-0.25, -0.2) is 4.39 Å². The number of hydrogen-bond donors (Lipinski definition) is 1. The molecule has 0 radical (unpaired) electrons. The molecule has 1 atom stereocenters. The van der Waals surface area contributed by atoms with Crippen molar-refractivity contribution in [3.8, 4) is 0 Å². The van der Waals surface area contributed by atoms with Gasteiger partial charge in [0.2, 0.25) is 0 Å². The molecule has 18 heavy (non-hydrogen) atoms. The lowest BCUT2D eigenvalue weighted by atomic mass is 10.1. The number of halogens is 3. The molecule has 0 bridgehead atoms. The van der Waals surface area contributed by atoms with Crippen LogP contribution in [0, 0.1) is 9.39 Å². The molecule has 1 aromatic carbocycles. The summed E-state index contributed by atoms with van der Waals surface area (Å²) in [5, 5.41) is 4.01. The molecule has 1 heterocycles. The van der Waals surface area contributed by atoms with Gasteiger partial charge in [-0.15, -0.1) is 0 Å². The van der Waals surface area contributed by atoms with Crippen molar-refractivity contribution in [3.05, 3.63) is 56.6 Å². The molecule has 1 aromatic heterocycles. The van der Waals surface area contributed by atoms with Crippen LogP contribution >= 0.6 is 34.2 Å². The zero-order chi connectivity index (χ0) is 13.1. The van der Waals surface area contributed by atoms with Gasteiger partial charge in [0.25, 0.3) is 0 Å².